The average Bonchev–Trinajstić information content (AvgIpc) is 2.70. The van der Waals surface area contributed by atoms with Crippen LogP contribution in [-0.4, -0.2) is 9.55 Å². The molecule has 0 spiro atoms. The molecule has 0 fully saturated rings. The van der Waals surface area contributed by atoms with Gasteiger partial charge in [0.2, 0.25) is 0 Å². The Labute approximate surface area is 81.0 Å². The van der Waals surface area contributed by atoms with Gasteiger partial charge in [0.25, 0.3) is 0 Å². The van der Waals surface area contributed by atoms with Crippen molar-refractivity contribution in [2.24, 2.45) is 0 Å². The standard InChI is InChI=1S/C9H10N2OS/c1-7-5-10-9(13)11(7)6-8-3-2-4-12-8/h2-5H,6H2,1H3,(H,10,13). The number of hydrogen-bond donors (Lipinski definition) is 1. The SMILES string of the molecule is Cc1c[nH]c(=S)n1Cc1ccco1. The van der Waals surface area contributed by atoms with Crippen LogP contribution >= 0.6 is 12.2 Å². The lowest BCUT2D eigenvalue weighted by Crippen LogP contribution is -2.00. The molecule has 68 valence electrons. The first kappa shape index (κ1) is 8.31. The van der Waals surface area contributed by atoms with Crippen LogP contribution in [0, 0.1) is 11.7 Å². The number of aryl methyl sites for hydroxylation is 1. The fraction of sp³-hybridized carbons (Fsp3) is 0.222. The summed E-state index contributed by atoms with van der Waals surface area (Å²) in [6, 6.07) is 3.81. The van der Waals surface area contributed by atoms with E-state index in [0.29, 0.717) is 6.54 Å². The average molecular weight is 194 g/mol. The first-order valence-corrected chi connectivity index (χ1v) is 4.45. The number of furan rings is 1. The molecule has 0 aliphatic rings. The third-order valence-electron chi connectivity index (χ3n) is 1.97. The molecule has 0 unspecified atom stereocenters. The van der Waals surface area contributed by atoms with Crippen LogP contribution in [0.5, 0.6) is 0 Å². The van der Waals surface area contributed by atoms with E-state index >= 15 is 0 Å². The molecule has 3 nitrogen and oxygen atoms in total. The van der Waals surface area contributed by atoms with Crippen molar-refractivity contribution in [3.63, 3.8) is 0 Å². The molecule has 2 heterocycles. The van der Waals surface area contributed by atoms with Crippen LogP contribution in [-0.2, 0) is 6.54 Å². The molecule has 0 aliphatic heterocycles. The molecule has 4 heteroatoms. The minimum atomic E-state index is 0.696. The summed E-state index contributed by atoms with van der Waals surface area (Å²) < 4.78 is 7.96. The van der Waals surface area contributed by atoms with Crippen molar-refractivity contribution in [2.75, 3.05) is 0 Å². The Morgan fingerprint density at radius 1 is 1.62 bits per heavy atom. The second-order valence-corrected chi connectivity index (χ2v) is 3.29. The topological polar surface area (TPSA) is 33.9 Å². The molecule has 2 aromatic heterocycles. The summed E-state index contributed by atoms with van der Waals surface area (Å²) in [6.45, 7) is 2.70. The lowest BCUT2D eigenvalue weighted by molar-refractivity contribution is 0.490. The monoisotopic (exact) mass is 194 g/mol. The van der Waals surface area contributed by atoms with Gasteiger partial charge in [-0.25, -0.2) is 0 Å². The van der Waals surface area contributed by atoms with E-state index in [9.17, 15) is 0 Å². The van der Waals surface area contributed by atoms with Gasteiger partial charge in [0, 0.05) is 11.9 Å². The van der Waals surface area contributed by atoms with E-state index < -0.39 is 0 Å². The van der Waals surface area contributed by atoms with Gasteiger partial charge in [-0.05, 0) is 31.3 Å². The molecule has 0 saturated heterocycles. The number of imidazole rings is 1. The van der Waals surface area contributed by atoms with Crippen LogP contribution in [0.15, 0.2) is 29.0 Å². The fourth-order valence-electron chi connectivity index (χ4n) is 1.24. The lowest BCUT2D eigenvalue weighted by Gasteiger charge is -2.01. The third kappa shape index (κ3) is 1.58. The maximum Gasteiger partial charge on any atom is 0.177 e. The van der Waals surface area contributed by atoms with Crippen LogP contribution in [0.2, 0.25) is 0 Å². The van der Waals surface area contributed by atoms with Gasteiger partial charge in [-0.2, -0.15) is 0 Å². The summed E-state index contributed by atoms with van der Waals surface area (Å²) in [6.07, 6.45) is 3.56. The van der Waals surface area contributed by atoms with E-state index in [1.54, 1.807) is 6.26 Å². The number of aromatic amines is 1. The van der Waals surface area contributed by atoms with Crippen molar-refractivity contribution < 1.29 is 4.42 Å². The zero-order chi connectivity index (χ0) is 9.26. The third-order valence-corrected chi connectivity index (χ3v) is 2.31. The van der Waals surface area contributed by atoms with E-state index in [-0.39, 0.29) is 0 Å². The predicted molar refractivity (Wildman–Crippen MR) is 52.2 cm³/mol. The van der Waals surface area contributed by atoms with Crippen LogP contribution in [0.3, 0.4) is 0 Å². The number of rotatable bonds is 2. The number of nitrogens with zero attached hydrogens (tertiary/aromatic N) is 1. The summed E-state index contributed by atoms with van der Waals surface area (Å²) in [7, 11) is 0. The van der Waals surface area contributed by atoms with Gasteiger partial charge in [0.1, 0.15) is 5.76 Å². The van der Waals surface area contributed by atoms with Crippen molar-refractivity contribution >= 4 is 12.2 Å². The van der Waals surface area contributed by atoms with Gasteiger partial charge < -0.3 is 14.0 Å². The second kappa shape index (κ2) is 3.22. The first-order chi connectivity index (χ1) is 6.27. The van der Waals surface area contributed by atoms with Crippen LogP contribution < -0.4 is 0 Å². The van der Waals surface area contributed by atoms with Crippen molar-refractivity contribution in [1.82, 2.24) is 9.55 Å². The minimum absolute atomic E-state index is 0.696. The van der Waals surface area contributed by atoms with Gasteiger partial charge >= 0.3 is 0 Å². The molecule has 0 amide bonds. The maximum atomic E-state index is 5.24. The van der Waals surface area contributed by atoms with Crippen LogP contribution in [0.1, 0.15) is 11.5 Å². The summed E-state index contributed by atoms with van der Waals surface area (Å²) in [5.41, 5.74) is 1.11. The highest BCUT2D eigenvalue weighted by atomic mass is 32.1. The summed E-state index contributed by atoms with van der Waals surface area (Å²) >= 11 is 5.11. The molecule has 13 heavy (non-hydrogen) atoms. The maximum absolute atomic E-state index is 5.24. The van der Waals surface area contributed by atoms with Crippen molar-refractivity contribution in [1.29, 1.82) is 0 Å². The molecule has 2 rings (SSSR count). The van der Waals surface area contributed by atoms with E-state index in [1.165, 1.54) is 0 Å². The molecule has 2 aromatic rings. The number of aromatic nitrogens is 2. The van der Waals surface area contributed by atoms with Crippen molar-refractivity contribution in [3.05, 3.63) is 40.8 Å². The minimum Gasteiger partial charge on any atom is -0.467 e. The Hall–Kier alpha value is -1.29. The predicted octanol–water partition coefficient (Wildman–Crippen LogP) is 2.50. The molecule has 0 aromatic carbocycles. The van der Waals surface area contributed by atoms with Crippen molar-refractivity contribution in [3.8, 4) is 0 Å². The second-order valence-electron chi connectivity index (χ2n) is 2.90. The zero-order valence-corrected chi connectivity index (χ0v) is 8.10. The number of hydrogen-bond acceptors (Lipinski definition) is 2. The molecule has 0 saturated carbocycles. The molecular formula is C9H10N2OS. The Balaban J connectivity index is 2.33. The van der Waals surface area contributed by atoms with E-state index in [2.05, 4.69) is 4.98 Å². The van der Waals surface area contributed by atoms with Crippen LogP contribution in [0.4, 0.5) is 0 Å². The van der Waals surface area contributed by atoms with Gasteiger partial charge in [-0.1, -0.05) is 0 Å². The quantitative estimate of drug-likeness (QED) is 0.745. The van der Waals surface area contributed by atoms with Gasteiger partial charge in [-0.15, -0.1) is 0 Å². The normalized spacial score (nSPS) is 10.5. The molecule has 1 N–H and O–H groups in total. The van der Waals surface area contributed by atoms with Crippen LogP contribution in [0.25, 0.3) is 0 Å². The molecule has 0 atom stereocenters. The summed E-state index contributed by atoms with van der Waals surface area (Å²) in [4.78, 5) is 2.99. The number of H-pyrrole nitrogens is 1. The Morgan fingerprint density at radius 3 is 3.00 bits per heavy atom. The Morgan fingerprint density at radius 2 is 2.46 bits per heavy atom. The van der Waals surface area contributed by atoms with E-state index in [4.69, 9.17) is 16.6 Å². The van der Waals surface area contributed by atoms with Gasteiger partial charge in [0.05, 0.1) is 12.8 Å². The highest BCUT2D eigenvalue weighted by molar-refractivity contribution is 7.71. The van der Waals surface area contributed by atoms with Crippen molar-refractivity contribution in [2.45, 2.75) is 13.5 Å². The molecule has 0 bridgehead atoms. The summed E-state index contributed by atoms with van der Waals surface area (Å²) in [5, 5.41) is 0. The number of nitrogens with one attached hydrogen (secondary N) is 1. The van der Waals surface area contributed by atoms with E-state index in [1.807, 2.05) is 29.8 Å². The molecular weight excluding hydrogens is 184 g/mol. The molecule has 0 aliphatic carbocycles. The fourth-order valence-corrected chi connectivity index (χ4v) is 1.50. The largest absolute Gasteiger partial charge is 0.467 e. The van der Waals surface area contributed by atoms with E-state index in [0.717, 1.165) is 16.2 Å². The van der Waals surface area contributed by atoms with Gasteiger partial charge in [-0.3, -0.25) is 0 Å². The lowest BCUT2D eigenvalue weighted by atomic mass is 10.4. The first-order valence-electron chi connectivity index (χ1n) is 4.04. The zero-order valence-electron chi connectivity index (χ0n) is 7.28. The Kier molecular flexibility index (Phi) is 2.06. The summed E-state index contributed by atoms with van der Waals surface area (Å²) in [5.74, 6) is 0.916. The Bertz CT molecular complexity index is 438. The molecule has 0 radical (unpaired) electrons. The highest BCUT2D eigenvalue weighted by Crippen LogP contribution is 2.06. The van der Waals surface area contributed by atoms with Gasteiger partial charge in [0.15, 0.2) is 4.77 Å². The smallest absolute Gasteiger partial charge is 0.177 e. The highest BCUT2D eigenvalue weighted by Gasteiger charge is 2.01.